The van der Waals surface area contributed by atoms with Gasteiger partial charge in [-0.15, -0.1) is 0 Å². The summed E-state index contributed by atoms with van der Waals surface area (Å²) < 4.78 is 0. The Morgan fingerprint density at radius 3 is 2.60 bits per heavy atom. The molecule has 1 heterocycles. The maximum atomic E-state index is 4.61. The Balaban J connectivity index is 2.25. The molecule has 1 saturated carbocycles. The van der Waals surface area contributed by atoms with E-state index in [0.717, 1.165) is 37.1 Å². The summed E-state index contributed by atoms with van der Waals surface area (Å²) in [5.74, 6) is 2.90. The van der Waals surface area contributed by atoms with Gasteiger partial charge in [-0.05, 0) is 38.5 Å². The Labute approximate surface area is 123 Å². The maximum absolute atomic E-state index is 4.61. The average Bonchev–Trinajstić information content (AvgIpc) is 3.24. The first-order valence-electron chi connectivity index (χ1n) is 8.01. The quantitative estimate of drug-likeness (QED) is 0.789. The molecular weight excluding hydrogens is 248 g/mol. The van der Waals surface area contributed by atoms with Crippen LogP contribution in [0.5, 0.6) is 0 Å². The van der Waals surface area contributed by atoms with E-state index in [4.69, 9.17) is 0 Å². The van der Waals surface area contributed by atoms with Crippen molar-refractivity contribution >= 4 is 11.6 Å². The van der Waals surface area contributed by atoms with Crippen molar-refractivity contribution in [3.8, 4) is 0 Å². The molecule has 1 aliphatic carbocycles. The molecule has 0 bridgehead atoms. The van der Waals surface area contributed by atoms with Crippen LogP contribution < -0.4 is 10.2 Å². The van der Waals surface area contributed by atoms with Crippen molar-refractivity contribution < 1.29 is 0 Å². The van der Waals surface area contributed by atoms with Crippen LogP contribution in [0.2, 0.25) is 0 Å². The fourth-order valence-electron chi connectivity index (χ4n) is 2.54. The molecule has 0 amide bonds. The molecule has 112 valence electrons. The van der Waals surface area contributed by atoms with Gasteiger partial charge in [-0.2, -0.15) is 0 Å². The van der Waals surface area contributed by atoms with Crippen molar-refractivity contribution in [2.75, 3.05) is 23.3 Å². The van der Waals surface area contributed by atoms with Crippen LogP contribution in [-0.4, -0.2) is 29.1 Å². The van der Waals surface area contributed by atoms with Crippen LogP contribution in [0.3, 0.4) is 0 Å². The van der Waals surface area contributed by atoms with Crippen LogP contribution in [0.15, 0.2) is 6.33 Å². The SMILES string of the molecule is CCNc1ncnc(N(CCC(C)C)C2CC2)c1CC. The summed E-state index contributed by atoms with van der Waals surface area (Å²) in [4.78, 5) is 11.5. The third-order valence-corrected chi connectivity index (χ3v) is 3.83. The second-order valence-corrected chi connectivity index (χ2v) is 6.02. The van der Waals surface area contributed by atoms with Gasteiger partial charge in [0.15, 0.2) is 0 Å². The van der Waals surface area contributed by atoms with Gasteiger partial charge in [-0.25, -0.2) is 9.97 Å². The smallest absolute Gasteiger partial charge is 0.137 e. The lowest BCUT2D eigenvalue weighted by molar-refractivity contribution is 0.567. The summed E-state index contributed by atoms with van der Waals surface area (Å²) in [7, 11) is 0. The molecule has 2 rings (SSSR count). The molecule has 1 fully saturated rings. The number of nitrogens with zero attached hydrogens (tertiary/aromatic N) is 3. The molecule has 4 heteroatoms. The van der Waals surface area contributed by atoms with E-state index in [2.05, 4.69) is 47.9 Å². The highest BCUT2D eigenvalue weighted by atomic mass is 15.2. The lowest BCUT2D eigenvalue weighted by Gasteiger charge is -2.27. The molecule has 4 nitrogen and oxygen atoms in total. The predicted molar refractivity (Wildman–Crippen MR) is 85.4 cm³/mol. The van der Waals surface area contributed by atoms with Gasteiger partial charge in [-0.1, -0.05) is 20.8 Å². The van der Waals surface area contributed by atoms with E-state index in [1.54, 1.807) is 6.33 Å². The van der Waals surface area contributed by atoms with Crippen LogP contribution in [0.1, 0.15) is 52.5 Å². The standard InChI is InChI=1S/C16H28N4/c1-5-14-15(17-6-2)18-11-19-16(14)20(13-7-8-13)10-9-12(3)4/h11-13H,5-10H2,1-4H3,(H,17,18,19). The zero-order valence-electron chi connectivity index (χ0n) is 13.3. The predicted octanol–water partition coefficient (Wildman–Crippen LogP) is 3.49. The van der Waals surface area contributed by atoms with Crippen LogP contribution in [0, 0.1) is 5.92 Å². The first-order chi connectivity index (χ1) is 9.67. The molecule has 0 radical (unpaired) electrons. The molecule has 0 spiro atoms. The summed E-state index contributed by atoms with van der Waals surface area (Å²) in [5, 5.41) is 3.37. The van der Waals surface area contributed by atoms with Crippen LogP contribution in [0.4, 0.5) is 11.6 Å². The zero-order valence-corrected chi connectivity index (χ0v) is 13.3. The first kappa shape index (κ1) is 15.1. The van der Waals surface area contributed by atoms with E-state index in [0.29, 0.717) is 6.04 Å². The monoisotopic (exact) mass is 276 g/mol. The fourth-order valence-corrected chi connectivity index (χ4v) is 2.54. The van der Waals surface area contributed by atoms with Gasteiger partial charge in [-0.3, -0.25) is 0 Å². The van der Waals surface area contributed by atoms with E-state index >= 15 is 0 Å². The van der Waals surface area contributed by atoms with E-state index in [-0.39, 0.29) is 0 Å². The van der Waals surface area contributed by atoms with Crippen molar-refractivity contribution in [2.45, 2.75) is 59.4 Å². The number of hydrogen-bond acceptors (Lipinski definition) is 4. The lowest BCUT2D eigenvalue weighted by Crippen LogP contribution is -2.30. The Kier molecular flexibility index (Phi) is 5.21. The van der Waals surface area contributed by atoms with Crippen molar-refractivity contribution in [1.29, 1.82) is 0 Å². The Bertz CT molecular complexity index is 426. The highest BCUT2D eigenvalue weighted by Gasteiger charge is 2.31. The molecule has 0 saturated heterocycles. The lowest BCUT2D eigenvalue weighted by atomic mass is 10.1. The molecule has 0 atom stereocenters. The maximum Gasteiger partial charge on any atom is 0.137 e. The molecule has 0 aromatic carbocycles. The third-order valence-electron chi connectivity index (χ3n) is 3.83. The summed E-state index contributed by atoms with van der Waals surface area (Å²) >= 11 is 0. The molecule has 1 N–H and O–H groups in total. The molecule has 0 unspecified atom stereocenters. The number of anilines is 2. The number of rotatable bonds is 8. The minimum absolute atomic E-state index is 0.698. The molecule has 1 aromatic heterocycles. The summed E-state index contributed by atoms with van der Waals surface area (Å²) in [6.07, 6.45) is 6.52. The summed E-state index contributed by atoms with van der Waals surface area (Å²) in [5.41, 5.74) is 1.27. The number of aromatic nitrogens is 2. The minimum atomic E-state index is 0.698. The molecular formula is C16H28N4. The molecule has 20 heavy (non-hydrogen) atoms. The van der Waals surface area contributed by atoms with Gasteiger partial charge >= 0.3 is 0 Å². The number of nitrogens with one attached hydrogen (secondary N) is 1. The molecule has 1 aliphatic rings. The minimum Gasteiger partial charge on any atom is -0.370 e. The van der Waals surface area contributed by atoms with Crippen molar-refractivity contribution in [1.82, 2.24) is 9.97 Å². The third kappa shape index (κ3) is 3.62. The Hall–Kier alpha value is -1.32. The second-order valence-electron chi connectivity index (χ2n) is 6.02. The van der Waals surface area contributed by atoms with Crippen LogP contribution >= 0.6 is 0 Å². The van der Waals surface area contributed by atoms with E-state index < -0.39 is 0 Å². The van der Waals surface area contributed by atoms with Crippen molar-refractivity contribution in [3.05, 3.63) is 11.9 Å². The highest BCUT2D eigenvalue weighted by molar-refractivity contribution is 5.59. The average molecular weight is 276 g/mol. The largest absolute Gasteiger partial charge is 0.370 e. The van der Waals surface area contributed by atoms with Crippen molar-refractivity contribution in [3.63, 3.8) is 0 Å². The first-order valence-corrected chi connectivity index (χ1v) is 8.01. The zero-order chi connectivity index (χ0) is 14.5. The highest BCUT2D eigenvalue weighted by Crippen LogP contribution is 2.34. The fraction of sp³-hybridized carbons (Fsp3) is 0.750. The molecule has 1 aromatic rings. The van der Waals surface area contributed by atoms with Gasteiger partial charge in [0.05, 0.1) is 0 Å². The van der Waals surface area contributed by atoms with E-state index in [1.807, 2.05) is 0 Å². The van der Waals surface area contributed by atoms with E-state index in [1.165, 1.54) is 24.8 Å². The van der Waals surface area contributed by atoms with Gasteiger partial charge in [0, 0.05) is 24.7 Å². The second kappa shape index (κ2) is 6.91. The van der Waals surface area contributed by atoms with Crippen LogP contribution in [-0.2, 0) is 6.42 Å². The summed E-state index contributed by atoms with van der Waals surface area (Å²) in [6.45, 7) is 10.9. The Morgan fingerprint density at radius 1 is 1.30 bits per heavy atom. The Morgan fingerprint density at radius 2 is 2.05 bits per heavy atom. The van der Waals surface area contributed by atoms with Gasteiger partial charge in [0.25, 0.3) is 0 Å². The number of hydrogen-bond donors (Lipinski definition) is 1. The van der Waals surface area contributed by atoms with Gasteiger partial charge in [0.1, 0.15) is 18.0 Å². The normalized spacial score (nSPS) is 14.7. The molecule has 0 aliphatic heterocycles. The van der Waals surface area contributed by atoms with Gasteiger partial charge in [0.2, 0.25) is 0 Å². The topological polar surface area (TPSA) is 41.1 Å². The van der Waals surface area contributed by atoms with E-state index in [9.17, 15) is 0 Å². The van der Waals surface area contributed by atoms with Crippen molar-refractivity contribution in [2.24, 2.45) is 5.92 Å². The summed E-state index contributed by atoms with van der Waals surface area (Å²) in [6, 6.07) is 0.698. The van der Waals surface area contributed by atoms with Gasteiger partial charge < -0.3 is 10.2 Å². The van der Waals surface area contributed by atoms with Crippen LogP contribution in [0.25, 0.3) is 0 Å².